The Labute approximate surface area is 140 Å². The Morgan fingerprint density at radius 1 is 0.957 bits per heavy atom. The highest BCUT2D eigenvalue weighted by atomic mass is 32.2. The second-order valence-electron chi connectivity index (χ2n) is 5.64. The molecular weight excluding hydrogens is 336 g/mol. The summed E-state index contributed by atoms with van der Waals surface area (Å²) in [5.74, 6) is 0.402. The summed E-state index contributed by atoms with van der Waals surface area (Å²) < 4.78 is 52.9. The van der Waals surface area contributed by atoms with Crippen LogP contribution < -0.4 is 4.72 Å². The van der Waals surface area contributed by atoms with Crippen LogP contribution in [0.15, 0.2) is 34.1 Å². The van der Waals surface area contributed by atoms with Gasteiger partial charge in [-0.2, -0.15) is 4.31 Å². The van der Waals surface area contributed by atoms with Crippen molar-refractivity contribution in [2.24, 2.45) is 5.92 Å². The molecule has 0 radical (unpaired) electrons. The molecule has 0 heterocycles. The van der Waals surface area contributed by atoms with Gasteiger partial charge in [0.15, 0.2) is 0 Å². The maximum atomic E-state index is 12.4. The van der Waals surface area contributed by atoms with E-state index in [9.17, 15) is 16.8 Å². The van der Waals surface area contributed by atoms with Crippen molar-refractivity contribution in [3.05, 3.63) is 24.3 Å². The fourth-order valence-electron chi connectivity index (χ4n) is 2.07. The number of sulfonamides is 2. The fourth-order valence-corrected chi connectivity index (χ4v) is 4.57. The summed E-state index contributed by atoms with van der Waals surface area (Å²) in [4.78, 5) is 0.169. The molecule has 0 aliphatic rings. The van der Waals surface area contributed by atoms with E-state index in [1.807, 2.05) is 13.8 Å². The first-order chi connectivity index (χ1) is 10.6. The topological polar surface area (TPSA) is 83.6 Å². The number of hydrogen-bond acceptors (Lipinski definition) is 4. The minimum absolute atomic E-state index is 0.0692. The van der Waals surface area contributed by atoms with Gasteiger partial charge in [-0.1, -0.05) is 27.7 Å². The van der Waals surface area contributed by atoms with Crippen LogP contribution in [0.1, 0.15) is 34.1 Å². The third kappa shape index (κ3) is 5.27. The van der Waals surface area contributed by atoms with Crippen LogP contribution in [0.2, 0.25) is 0 Å². The highest BCUT2D eigenvalue weighted by Gasteiger charge is 2.22. The second kappa shape index (κ2) is 8.23. The van der Waals surface area contributed by atoms with Gasteiger partial charge in [0.2, 0.25) is 20.0 Å². The first-order valence-electron chi connectivity index (χ1n) is 7.75. The Hall–Kier alpha value is -0.960. The normalized spacial score (nSPS) is 13.0. The third-order valence-corrected chi connectivity index (χ3v) is 7.03. The zero-order valence-corrected chi connectivity index (χ0v) is 15.7. The Morgan fingerprint density at radius 3 is 1.87 bits per heavy atom. The molecule has 8 heteroatoms. The smallest absolute Gasteiger partial charge is 0.211 e. The lowest BCUT2D eigenvalue weighted by atomic mass is 10.1. The molecule has 0 aromatic heterocycles. The molecule has 0 fully saturated rings. The molecule has 0 saturated carbocycles. The van der Waals surface area contributed by atoms with Gasteiger partial charge in [0.1, 0.15) is 0 Å². The van der Waals surface area contributed by atoms with Crippen molar-refractivity contribution in [2.45, 2.75) is 43.9 Å². The quantitative estimate of drug-likeness (QED) is 0.729. The van der Waals surface area contributed by atoms with E-state index in [4.69, 9.17) is 0 Å². The van der Waals surface area contributed by atoms with Crippen LogP contribution in [0.3, 0.4) is 0 Å². The number of benzene rings is 1. The van der Waals surface area contributed by atoms with Crippen LogP contribution >= 0.6 is 0 Å². The van der Waals surface area contributed by atoms with Crippen molar-refractivity contribution in [1.29, 1.82) is 0 Å². The highest BCUT2D eigenvalue weighted by Crippen LogP contribution is 2.18. The summed E-state index contributed by atoms with van der Waals surface area (Å²) in [6.07, 6.45) is 0.744. The Bertz CT molecular complexity index is 691. The molecule has 0 unspecified atom stereocenters. The van der Waals surface area contributed by atoms with Gasteiger partial charge < -0.3 is 0 Å². The van der Waals surface area contributed by atoms with Gasteiger partial charge in [0.25, 0.3) is 0 Å². The van der Waals surface area contributed by atoms with Gasteiger partial charge in [-0.3, -0.25) is 0 Å². The molecule has 132 valence electrons. The van der Waals surface area contributed by atoms with E-state index in [1.165, 1.54) is 28.6 Å². The van der Waals surface area contributed by atoms with Crippen LogP contribution in [0.5, 0.6) is 0 Å². The average Bonchev–Trinajstić information content (AvgIpc) is 2.47. The molecule has 6 nitrogen and oxygen atoms in total. The summed E-state index contributed by atoms with van der Waals surface area (Å²) in [5.41, 5.74) is 0. The van der Waals surface area contributed by atoms with E-state index >= 15 is 0 Å². The predicted molar refractivity (Wildman–Crippen MR) is 91.2 cm³/mol. The molecule has 1 aromatic carbocycles. The Morgan fingerprint density at radius 2 is 1.43 bits per heavy atom. The number of hydrogen-bond donors (Lipinski definition) is 1. The van der Waals surface area contributed by atoms with Gasteiger partial charge in [0, 0.05) is 19.6 Å². The largest absolute Gasteiger partial charge is 0.243 e. The van der Waals surface area contributed by atoms with Crippen molar-refractivity contribution < 1.29 is 16.8 Å². The van der Waals surface area contributed by atoms with Gasteiger partial charge in [-0.15, -0.1) is 0 Å². The monoisotopic (exact) mass is 362 g/mol. The van der Waals surface area contributed by atoms with Crippen molar-refractivity contribution >= 4 is 20.0 Å². The molecule has 1 rings (SSSR count). The van der Waals surface area contributed by atoms with Gasteiger partial charge >= 0.3 is 0 Å². The highest BCUT2D eigenvalue weighted by molar-refractivity contribution is 7.89. The Kier molecular flexibility index (Phi) is 7.19. The molecule has 0 bridgehead atoms. The fraction of sp³-hybridized carbons (Fsp3) is 0.600. The zero-order chi connectivity index (χ0) is 17.7. The van der Waals surface area contributed by atoms with E-state index in [0.717, 1.165) is 6.42 Å². The third-order valence-electron chi connectivity index (χ3n) is 3.49. The summed E-state index contributed by atoms with van der Waals surface area (Å²) in [7, 11) is -7.18. The van der Waals surface area contributed by atoms with Gasteiger partial charge in [-0.05, 0) is 36.6 Å². The summed E-state index contributed by atoms with van der Waals surface area (Å²) in [6, 6.07) is 5.33. The minimum Gasteiger partial charge on any atom is -0.211 e. The van der Waals surface area contributed by atoms with E-state index < -0.39 is 20.0 Å². The first kappa shape index (κ1) is 20.1. The molecule has 1 N–H and O–H groups in total. The molecular formula is C15H26N2O4S2. The predicted octanol–water partition coefficient (Wildman–Crippen LogP) is 2.04. The lowest BCUT2D eigenvalue weighted by Crippen LogP contribution is -2.30. The van der Waals surface area contributed by atoms with E-state index in [1.54, 1.807) is 13.8 Å². The average molecular weight is 363 g/mol. The van der Waals surface area contributed by atoms with Crippen molar-refractivity contribution in [2.75, 3.05) is 19.6 Å². The summed E-state index contributed by atoms with van der Waals surface area (Å²) in [6.45, 7) is 8.66. The lowest BCUT2D eigenvalue weighted by molar-refractivity contribution is 0.445. The van der Waals surface area contributed by atoms with Crippen molar-refractivity contribution in [3.63, 3.8) is 0 Å². The van der Waals surface area contributed by atoms with E-state index in [0.29, 0.717) is 25.6 Å². The van der Waals surface area contributed by atoms with Gasteiger partial charge in [-0.25, -0.2) is 21.6 Å². The van der Waals surface area contributed by atoms with Crippen LogP contribution in [0.25, 0.3) is 0 Å². The summed E-state index contributed by atoms with van der Waals surface area (Å²) >= 11 is 0. The van der Waals surface area contributed by atoms with Crippen LogP contribution in [0.4, 0.5) is 0 Å². The van der Waals surface area contributed by atoms with Crippen molar-refractivity contribution in [1.82, 2.24) is 9.03 Å². The molecule has 0 amide bonds. The maximum absolute atomic E-state index is 12.4. The maximum Gasteiger partial charge on any atom is 0.243 e. The van der Waals surface area contributed by atoms with E-state index in [-0.39, 0.29) is 9.79 Å². The van der Waals surface area contributed by atoms with Crippen LogP contribution in [-0.4, -0.2) is 40.8 Å². The minimum atomic E-state index is -3.61. The van der Waals surface area contributed by atoms with Crippen LogP contribution in [-0.2, 0) is 20.0 Å². The first-order valence-corrected chi connectivity index (χ1v) is 10.7. The molecule has 0 spiro atoms. The number of nitrogens with one attached hydrogen (secondary N) is 1. The molecule has 0 aliphatic carbocycles. The molecule has 0 atom stereocenters. The van der Waals surface area contributed by atoms with Crippen molar-refractivity contribution in [3.8, 4) is 0 Å². The number of rotatable bonds is 9. The van der Waals surface area contributed by atoms with Crippen LogP contribution in [0, 0.1) is 5.92 Å². The SMILES string of the molecule is CCN(CC)S(=O)(=O)c1ccc(S(=O)(=O)NCCC(C)C)cc1. The number of nitrogens with zero attached hydrogens (tertiary/aromatic N) is 1. The molecule has 0 aliphatic heterocycles. The molecule has 23 heavy (non-hydrogen) atoms. The zero-order valence-electron chi connectivity index (χ0n) is 14.1. The second-order valence-corrected chi connectivity index (χ2v) is 9.35. The molecule has 0 saturated heterocycles. The molecule has 1 aromatic rings. The Balaban J connectivity index is 2.96. The standard InChI is InChI=1S/C15H26N2O4S2/c1-5-17(6-2)23(20,21)15-9-7-14(8-10-15)22(18,19)16-12-11-13(3)4/h7-10,13,16H,5-6,11-12H2,1-4H3. The summed E-state index contributed by atoms with van der Waals surface area (Å²) in [5, 5.41) is 0. The van der Waals surface area contributed by atoms with Gasteiger partial charge in [0.05, 0.1) is 9.79 Å². The lowest BCUT2D eigenvalue weighted by Gasteiger charge is -2.18. The van der Waals surface area contributed by atoms with E-state index in [2.05, 4.69) is 4.72 Å².